The Morgan fingerprint density at radius 1 is 0.642 bits per heavy atom. The van der Waals surface area contributed by atoms with Gasteiger partial charge in [-0.3, -0.25) is 0 Å². The fourth-order valence-electron chi connectivity index (χ4n) is 7.10. The molecule has 0 unspecified atom stereocenters. The number of rotatable bonds is 8. The van der Waals surface area contributed by atoms with Gasteiger partial charge in [0.25, 0.3) is 0 Å². The van der Waals surface area contributed by atoms with E-state index >= 15 is 0 Å². The predicted molar refractivity (Wildman–Crippen MR) is 215 cm³/mol. The Balaban J connectivity index is 1.37. The summed E-state index contributed by atoms with van der Waals surface area (Å²) in [6, 6.07) is 60.8. The van der Waals surface area contributed by atoms with Crippen LogP contribution in [0.25, 0.3) is 39.0 Å². The number of para-hydroxylation sites is 2. The summed E-state index contributed by atoms with van der Waals surface area (Å²) in [4.78, 5) is 4.57. The van der Waals surface area contributed by atoms with Crippen molar-refractivity contribution < 1.29 is 24.1 Å². The first-order chi connectivity index (χ1) is 25.8. The molecule has 0 atom stereocenters. The van der Waals surface area contributed by atoms with Crippen LogP contribution in [-0.4, -0.2) is 20.8 Å². The SMILES string of the molecule is Cn1[c](=[Pt])n(-c2[c-]c(B(c3[c-]c(Oc4cc(C(C)(C)C)ccn4)ccc3)c3c(-c4ccccc4)cccc3-c3ccccc3)ccc2)c2ccccc21. The van der Waals surface area contributed by atoms with E-state index in [4.69, 9.17) is 4.74 Å². The van der Waals surface area contributed by atoms with Crippen LogP contribution in [0.2, 0.25) is 0 Å². The Bertz CT molecular complexity index is 2560. The topological polar surface area (TPSA) is 32.0 Å². The number of ether oxygens (including phenoxy) is 1. The third kappa shape index (κ3) is 6.90. The molecule has 8 aromatic rings. The van der Waals surface area contributed by atoms with E-state index in [-0.39, 0.29) is 12.1 Å². The van der Waals surface area contributed by atoms with Crippen LogP contribution in [0.15, 0.2) is 158 Å². The zero-order valence-electron chi connectivity index (χ0n) is 30.2. The van der Waals surface area contributed by atoms with E-state index in [1.54, 1.807) is 0 Å². The molecule has 0 spiro atoms. The number of aryl methyl sites for hydroxylation is 1. The standard InChI is InChI=1S/C47H38BN3O.Pt/c1-47(2,3)36-28-29-49-45(30-36)52-40-23-14-21-38(32-40)48(37-20-13-22-39(31-37)51-33-50(4)43-26-11-12-27-44(43)51)46-41(34-16-7-5-8-17-34)24-15-25-42(46)35-18-9-6-10-19-35;/h5-30H,1-4H3;/q-2;. The summed E-state index contributed by atoms with van der Waals surface area (Å²) in [7, 11) is 2.11. The van der Waals surface area contributed by atoms with Crippen molar-refractivity contribution in [2.45, 2.75) is 26.2 Å². The molecule has 2 aromatic heterocycles. The van der Waals surface area contributed by atoms with Crippen LogP contribution in [0.4, 0.5) is 0 Å². The molecule has 0 amide bonds. The first-order valence-corrected chi connectivity index (χ1v) is 18.9. The van der Waals surface area contributed by atoms with Crippen molar-refractivity contribution in [3.8, 4) is 39.6 Å². The summed E-state index contributed by atoms with van der Waals surface area (Å²) >= 11 is 2.42. The normalized spacial score (nSPS) is 11.5. The van der Waals surface area contributed by atoms with Gasteiger partial charge in [0.05, 0.1) is 0 Å². The van der Waals surface area contributed by atoms with Gasteiger partial charge >= 0.3 is 280 Å². The number of pyridine rings is 1. The molecular formula is C47H38BN3OPt-2. The third-order valence-electron chi connectivity index (χ3n) is 9.75. The molecule has 0 N–H and O–H groups in total. The van der Waals surface area contributed by atoms with Crippen molar-refractivity contribution in [2.24, 2.45) is 7.05 Å². The van der Waals surface area contributed by atoms with Crippen LogP contribution in [0.1, 0.15) is 26.3 Å². The van der Waals surface area contributed by atoms with Gasteiger partial charge in [-0.2, -0.15) is 0 Å². The van der Waals surface area contributed by atoms with Crippen LogP contribution in [-0.2, 0) is 31.8 Å². The summed E-state index contributed by atoms with van der Waals surface area (Å²) in [6.07, 6.45) is 1.82. The summed E-state index contributed by atoms with van der Waals surface area (Å²) in [5, 5.41) is 0. The van der Waals surface area contributed by atoms with E-state index in [1.165, 1.54) is 5.46 Å². The van der Waals surface area contributed by atoms with Gasteiger partial charge in [-0.1, -0.05) is 20.8 Å². The van der Waals surface area contributed by atoms with Crippen LogP contribution >= 0.6 is 0 Å². The van der Waals surface area contributed by atoms with E-state index in [0.717, 1.165) is 59.3 Å². The molecule has 0 saturated heterocycles. The Labute approximate surface area is 322 Å². The second-order valence-corrected chi connectivity index (χ2v) is 15.3. The number of nitrogens with zero attached hydrogens (tertiary/aromatic N) is 3. The van der Waals surface area contributed by atoms with Gasteiger partial charge < -0.3 is 0 Å². The molecule has 0 radical (unpaired) electrons. The maximum atomic E-state index is 6.48. The van der Waals surface area contributed by atoms with Crippen LogP contribution < -0.4 is 21.1 Å². The summed E-state index contributed by atoms with van der Waals surface area (Å²) in [5.74, 6) is 1.16. The van der Waals surface area contributed by atoms with E-state index < -0.39 is 0 Å². The molecule has 8 rings (SSSR count). The Hall–Kier alpha value is -5.51. The first-order valence-electron chi connectivity index (χ1n) is 17.8. The van der Waals surface area contributed by atoms with Gasteiger partial charge in [0.2, 0.25) is 0 Å². The molecule has 0 aliphatic rings. The van der Waals surface area contributed by atoms with Gasteiger partial charge in [-0.25, -0.2) is 0 Å². The average Bonchev–Trinajstić information content (AvgIpc) is 3.44. The fourth-order valence-corrected chi connectivity index (χ4v) is 7.92. The third-order valence-corrected chi connectivity index (χ3v) is 11.0. The van der Waals surface area contributed by atoms with Crippen LogP contribution in [0.5, 0.6) is 11.6 Å². The monoisotopic (exact) mass is 866 g/mol. The zero-order chi connectivity index (χ0) is 36.5. The molecular weight excluding hydrogens is 828 g/mol. The molecule has 0 bridgehead atoms. The number of hydrogen-bond donors (Lipinski definition) is 0. The summed E-state index contributed by atoms with van der Waals surface area (Å²) in [6.45, 7) is 6.33. The Morgan fingerprint density at radius 3 is 1.89 bits per heavy atom. The van der Waals surface area contributed by atoms with Gasteiger partial charge in [0.15, 0.2) is 0 Å². The van der Waals surface area contributed by atoms with Crippen molar-refractivity contribution in [1.82, 2.24) is 14.1 Å². The molecule has 0 saturated carbocycles. The molecule has 53 heavy (non-hydrogen) atoms. The molecule has 2 heterocycles. The van der Waals surface area contributed by atoms with E-state index in [1.807, 2.05) is 24.4 Å². The van der Waals surface area contributed by atoms with Crippen molar-refractivity contribution in [1.29, 1.82) is 0 Å². The maximum absolute atomic E-state index is 6.48. The average molecular weight is 867 g/mol. The van der Waals surface area contributed by atoms with Gasteiger partial charge in [0, 0.05) is 6.20 Å². The minimum atomic E-state index is -0.257. The Kier molecular flexibility index (Phi) is 9.45. The van der Waals surface area contributed by atoms with Crippen molar-refractivity contribution in [3.05, 3.63) is 179 Å². The van der Waals surface area contributed by atoms with Gasteiger partial charge in [-0.05, 0) is 17.0 Å². The van der Waals surface area contributed by atoms with Crippen molar-refractivity contribution in [2.75, 3.05) is 0 Å². The molecule has 6 heteroatoms. The number of fused-ring (bicyclic) bond motifs is 1. The summed E-state index contributed by atoms with van der Waals surface area (Å²) < 4.78 is 12.1. The molecule has 0 aliphatic heterocycles. The molecule has 0 fully saturated rings. The first kappa shape index (κ1) is 34.6. The van der Waals surface area contributed by atoms with Crippen molar-refractivity contribution >= 4 is 34.1 Å². The van der Waals surface area contributed by atoms with Gasteiger partial charge in [0.1, 0.15) is 0 Å². The van der Waals surface area contributed by atoms with Crippen LogP contribution in [0, 0.1) is 15.9 Å². The second-order valence-electron chi connectivity index (χ2n) is 14.3. The molecule has 6 aromatic carbocycles. The zero-order valence-corrected chi connectivity index (χ0v) is 32.4. The molecule has 262 valence electrons. The van der Waals surface area contributed by atoms with Gasteiger partial charge in [-0.15, -0.1) is 0 Å². The predicted octanol–water partition coefficient (Wildman–Crippen LogP) is 8.98. The number of hydrogen-bond acceptors (Lipinski definition) is 2. The van der Waals surface area contributed by atoms with E-state index in [0.29, 0.717) is 11.6 Å². The number of benzene rings is 6. The quantitative estimate of drug-likeness (QED) is 0.113. The molecule has 4 nitrogen and oxygen atoms in total. The fraction of sp³-hybridized carbons (Fsp3) is 0.106. The van der Waals surface area contributed by atoms with E-state index in [9.17, 15) is 0 Å². The van der Waals surface area contributed by atoms with Crippen molar-refractivity contribution in [3.63, 3.8) is 0 Å². The second kappa shape index (κ2) is 14.5. The summed E-state index contributed by atoms with van der Waals surface area (Å²) in [5.41, 5.74) is 12.2. The number of imidazole rings is 1. The number of aromatic nitrogens is 3. The minimum absolute atomic E-state index is 0.0342. The molecule has 0 aliphatic carbocycles. The van der Waals surface area contributed by atoms with Crippen LogP contribution in [0.3, 0.4) is 0 Å². The Morgan fingerprint density at radius 2 is 1.23 bits per heavy atom. The van der Waals surface area contributed by atoms with E-state index in [2.05, 4.69) is 207 Å².